The number of thiophene rings is 1. The highest BCUT2D eigenvalue weighted by atomic mass is 32.1. The summed E-state index contributed by atoms with van der Waals surface area (Å²) in [6.45, 7) is 0. The van der Waals surface area contributed by atoms with Gasteiger partial charge in [-0.3, -0.25) is 0 Å². The Labute approximate surface area is 118 Å². The number of aromatic nitrogens is 3. The molecule has 0 atom stereocenters. The van der Waals surface area contributed by atoms with Gasteiger partial charge in [0.1, 0.15) is 10.6 Å². The van der Waals surface area contributed by atoms with Crippen molar-refractivity contribution >= 4 is 28.5 Å². The molecule has 1 N–H and O–H groups in total. The third-order valence-corrected chi connectivity index (χ3v) is 3.75. The molecule has 10 heteroatoms. The number of nitrogens with one attached hydrogen (secondary N) is 1. The molecule has 0 saturated carbocycles. The summed E-state index contributed by atoms with van der Waals surface area (Å²) in [4.78, 5) is 13.5. The third kappa shape index (κ3) is 2.07. The Bertz CT molecular complexity index is 818. The molecule has 0 saturated heterocycles. The standard InChI is InChI=1S/C11H6F3N3O3S/c1-19-10(18)6-5(7-9(15-6)16-17-20-7)4-2-3-21-8(4)11(12,13)14/h2-3,15H,1H3. The van der Waals surface area contributed by atoms with Crippen LogP contribution in [-0.4, -0.2) is 28.4 Å². The van der Waals surface area contributed by atoms with Gasteiger partial charge in [0.2, 0.25) is 11.2 Å². The Morgan fingerprint density at radius 2 is 2.24 bits per heavy atom. The van der Waals surface area contributed by atoms with E-state index in [0.717, 1.165) is 7.11 Å². The maximum absolute atomic E-state index is 13.0. The second-order valence-corrected chi connectivity index (χ2v) is 4.89. The molecule has 0 aliphatic heterocycles. The van der Waals surface area contributed by atoms with E-state index in [9.17, 15) is 18.0 Å². The topological polar surface area (TPSA) is 81.0 Å². The normalized spacial score (nSPS) is 12.0. The second kappa shape index (κ2) is 4.58. The molecule has 0 unspecified atom stereocenters. The number of alkyl halides is 3. The summed E-state index contributed by atoms with van der Waals surface area (Å²) in [5.41, 5.74) is -0.359. The lowest BCUT2D eigenvalue weighted by molar-refractivity contribution is -0.133. The first-order chi connectivity index (χ1) is 9.93. The minimum absolute atomic E-state index is 0.0284. The van der Waals surface area contributed by atoms with E-state index < -0.39 is 17.0 Å². The molecule has 0 spiro atoms. The highest BCUT2D eigenvalue weighted by Crippen LogP contribution is 2.44. The van der Waals surface area contributed by atoms with Crippen molar-refractivity contribution in [3.63, 3.8) is 0 Å². The zero-order valence-electron chi connectivity index (χ0n) is 10.3. The van der Waals surface area contributed by atoms with Crippen molar-refractivity contribution < 1.29 is 27.2 Å². The molecule has 0 bridgehead atoms. The van der Waals surface area contributed by atoms with Gasteiger partial charge in [0, 0.05) is 10.8 Å². The molecule has 0 fully saturated rings. The Morgan fingerprint density at radius 1 is 1.48 bits per heavy atom. The fourth-order valence-electron chi connectivity index (χ4n) is 1.97. The molecule has 3 heterocycles. The van der Waals surface area contributed by atoms with E-state index in [0.29, 0.717) is 11.3 Å². The molecule has 0 aromatic carbocycles. The number of rotatable bonds is 2. The molecule has 110 valence electrons. The molecule has 3 rings (SSSR count). The van der Waals surface area contributed by atoms with Crippen molar-refractivity contribution in [3.05, 3.63) is 22.0 Å². The van der Waals surface area contributed by atoms with Gasteiger partial charge in [-0.25, -0.2) is 4.79 Å². The molecule has 6 nitrogen and oxygen atoms in total. The van der Waals surface area contributed by atoms with Gasteiger partial charge in [0.05, 0.1) is 12.7 Å². The van der Waals surface area contributed by atoms with E-state index in [1.54, 1.807) is 0 Å². The monoisotopic (exact) mass is 317 g/mol. The van der Waals surface area contributed by atoms with Crippen LogP contribution in [0.1, 0.15) is 15.4 Å². The van der Waals surface area contributed by atoms with E-state index >= 15 is 0 Å². The zero-order valence-corrected chi connectivity index (χ0v) is 11.1. The maximum atomic E-state index is 13.0. The average Bonchev–Trinajstić information content (AvgIpc) is 3.10. The number of nitrogens with zero attached hydrogens (tertiary/aromatic N) is 2. The molecular weight excluding hydrogens is 311 g/mol. The van der Waals surface area contributed by atoms with Crippen LogP contribution in [0, 0.1) is 0 Å². The summed E-state index contributed by atoms with van der Waals surface area (Å²) in [7, 11) is 1.12. The predicted molar refractivity (Wildman–Crippen MR) is 65.8 cm³/mol. The summed E-state index contributed by atoms with van der Waals surface area (Å²) < 4.78 is 48.5. The Hall–Kier alpha value is -2.36. The molecule has 0 amide bonds. The maximum Gasteiger partial charge on any atom is 0.426 e. The Balaban J connectivity index is 2.31. The minimum Gasteiger partial charge on any atom is -0.464 e. The lowest BCUT2D eigenvalue weighted by Crippen LogP contribution is -2.07. The molecule has 0 aliphatic carbocycles. The lowest BCUT2D eigenvalue weighted by atomic mass is 10.1. The van der Waals surface area contributed by atoms with Gasteiger partial charge in [-0.1, -0.05) is 5.10 Å². The van der Waals surface area contributed by atoms with Crippen LogP contribution in [0.3, 0.4) is 0 Å². The minimum atomic E-state index is -4.55. The molecule has 3 aromatic heterocycles. The van der Waals surface area contributed by atoms with Crippen LogP contribution in [0.4, 0.5) is 13.2 Å². The Morgan fingerprint density at radius 3 is 2.90 bits per heavy atom. The summed E-state index contributed by atoms with van der Waals surface area (Å²) in [6, 6.07) is 1.26. The van der Waals surface area contributed by atoms with E-state index in [1.165, 1.54) is 11.4 Å². The van der Waals surface area contributed by atoms with Gasteiger partial charge in [-0.2, -0.15) is 13.2 Å². The molecule has 21 heavy (non-hydrogen) atoms. The van der Waals surface area contributed by atoms with Crippen molar-refractivity contribution in [1.29, 1.82) is 0 Å². The van der Waals surface area contributed by atoms with Crippen molar-refractivity contribution in [1.82, 2.24) is 15.4 Å². The smallest absolute Gasteiger partial charge is 0.426 e. The number of hydrogen-bond acceptors (Lipinski definition) is 6. The largest absolute Gasteiger partial charge is 0.464 e. The quantitative estimate of drug-likeness (QED) is 0.735. The number of esters is 1. The van der Waals surface area contributed by atoms with Gasteiger partial charge < -0.3 is 14.2 Å². The summed E-state index contributed by atoms with van der Waals surface area (Å²) in [6.07, 6.45) is -4.55. The number of methoxy groups -OCH3 is 1. The third-order valence-electron chi connectivity index (χ3n) is 2.79. The summed E-state index contributed by atoms with van der Waals surface area (Å²) >= 11 is 0.520. The van der Waals surface area contributed by atoms with E-state index in [2.05, 4.69) is 20.1 Å². The van der Waals surface area contributed by atoms with Crippen LogP contribution in [0.15, 0.2) is 16.0 Å². The average molecular weight is 317 g/mol. The fourth-order valence-corrected chi connectivity index (χ4v) is 2.74. The van der Waals surface area contributed by atoms with Gasteiger partial charge in [-0.15, -0.1) is 11.3 Å². The number of carbonyl (C=O) groups excluding carboxylic acids is 1. The first-order valence-corrected chi connectivity index (χ1v) is 6.39. The zero-order chi connectivity index (χ0) is 15.2. The first kappa shape index (κ1) is 13.6. The fraction of sp³-hybridized carbons (Fsp3) is 0.182. The number of H-pyrrole nitrogens is 1. The summed E-state index contributed by atoms with van der Waals surface area (Å²) in [5, 5.41) is 8.10. The van der Waals surface area contributed by atoms with Crippen LogP contribution in [0.25, 0.3) is 22.4 Å². The van der Waals surface area contributed by atoms with Crippen LogP contribution in [0.5, 0.6) is 0 Å². The predicted octanol–water partition coefficient (Wildman–Crippen LogP) is 3.08. The van der Waals surface area contributed by atoms with Crippen LogP contribution < -0.4 is 0 Å². The van der Waals surface area contributed by atoms with Crippen molar-refractivity contribution in [2.45, 2.75) is 6.18 Å². The van der Waals surface area contributed by atoms with E-state index in [4.69, 9.17) is 4.52 Å². The lowest BCUT2D eigenvalue weighted by Gasteiger charge is -2.07. The number of aromatic amines is 1. The van der Waals surface area contributed by atoms with E-state index in [1.807, 2.05) is 0 Å². The first-order valence-electron chi connectivity index (χ1n) is 5.51. The number of fused-ring (bicyclic) bond motifs is 1. The highest BCUT2D eigenvalue weighted by molar-refractivity contribution is 7.10. The number of carbonyl (C=O) groups is 1. The van der Waals surface area contributed by atoms with Crippen LogP contribution in [-0.2, 0) is 10.9 Å². The van der Waals surface area contributed by atoms with Crippen LogP contribution in [0.2, 0.25) is 0 Å². The number of halogens is 3. The Kier molecular flexibility index (Phi) is 2.97. The summed E-state index contributed by atoms with van der Waals surface area (Å²) in [5.74, 6) is -0.822. The number of hydrogen-bond donors (Lipinski definition) is 1. The molecule has 3 aromatic rings. The van der Waals surface area contributed by atoms with Gasteiger partial charge in [-0.05, 0) is 11.4 Å². The molecular formula is C11H6F3N3O3S. The molecule has 0 aliphatic rings. The van der Waals surface area contributed by atoms with Gasteiger partial charge in [0.15, 0.2) is 0 Å². The second-order valence-electron chi connectivity index (χ2n) is 3.98. The number of ether oxygens (including phenoxy) is 1. The highest BCUT2D eigenvalue weighted by Gasteiger charge is 2.38. The van der Waals surface area contributed by atoms with Crippen molar-refractivity contribution in [3.8, 4) is 11.1 Å². The van der Waals surface area contributed by atoms with Crippen LogP contribution >= 0.6 is 11.3 Å². The van der Waals surface area contributed by atoms with Gasteiger partial charge >= 0.3 is 12.1 Å². The van der Waals surface area contributed by atoms with Crippen molar-refractivity contribution in [2.24, 2.45) is 0 Å². The van der Waals surface area contributed by atoms with Gasteiger partial charge in [0.25, 0.3) is 0 Å². The molecule has 0 radical (unpaired) electrons. The van der Waals surface area contributed by atoms with E-state index in [-0.39, 0.29) is 28.1 Å². The SMILES string of the molecule is COC(=O)c1[nH]c2nnoc2c1-c1ccsc1C(F)(F)F. The van der Waals surface area contributed by atoms with Crippen molar-refractivity contribution in [2.75, 3.05) is 7.11 Å².